The normalized spacial score (nSPS) is 12.2. The van der Waals surface area contributed by atoms with Gasteiger partial charge in [0, 0.05) is 0 Å². The van der Waals surface area contributed by atoms with E-state index in [1.165, 1.54) is 12.8 Å². The lowest BCUT2D eigenvalue weighted by Crippen LogP contribution is -2.08. The summed E-state index contributed by atoms with van der Waals surface area (Å²) < 4.78 is 0. The minimum Gasteiger partial charge on any atom is -0.388 e. The summed E-state index contributed by atoms with van der Waals surface area (Å²) in [6, 6.07) is 0. The molecule has 1 atom stereocenters. The molecule has 12 heavy (non-hydrogen) atoms. The lowest BCUT2D eigenvalue weighted by Gasteiger charge is -2.10. The molecule has 0 amide bonds. The monoisotopic (exact) mass is 168 g/mol. The maximum atomic E-state index is 9.60. The lowest BCUT2D eigenvalue weighted by molar-refractivity contribution is 0.193. The molecule has 1 N–H and O–H groups in total. The largest absolute Gasteiger partial charge is 0.388 e. The van der Waals surface area contributed by atoms with Gasteiger partial charge in [-0.25, -0.2) is 0 Å². The third kappa shape index (κ3) is 4.38. The molecule has 0 aromatic heterocycles. The van der Waals surface area contributed by atoms with E-state index in [1.807, 2.05) is 6.92 Å². The zero-order chi connectivity index (χ0) is 9.40. The highest BCUT2D eigenvalue weighted by Gasteiger charge is 2.06. The van der Waals surface area contributed by atoms with Crippen LogP contribution in [0.25, 0.3) is 0 Å². The Morgan fingerprint density at radius 2 is 2.08 bits per heavy atom. The highest BCUT2D eigenvalue weighted by atomic mass is 16.3. The van der Waals surface area contributed by atoms with E-state index in [0.29, 0.717) is 0 Å². The van der Waals surface area contributed by atoms with Crippen LogP contribution in [0, 0.1) is 0 Å². The van der Waals surface area contributed by atoms with Crippen LogP contribution < -0.4 is 0 Å². The quantitative estimate of drug-likeness (QED) is 0.477. The second kappa shape index (κ2) is 7.15. The molecule has 1 unspecified atom stereocenters. The van der Waals surface area contributed by atoms with Crippen LogP contribution in [0.1, 0.15) is 46.0 Å². The molecular formula is C11H20O. The molecule has 0 saturated heterocycles. The SMILES string of the molecule is C=C=C(CC)C(O)CCCCC. The highest BCUT2D eigenvalue weighted by Crippen LogP contribution is 2.12. The van der Waals surface area contributed by atoms with Gasteiger partial charge in [0.15, 0.2) is 0 Å². The van der Waals surface area contributed by atoms with Crippen molar-refractivity contribution in [1.29, 1.82) is 0 Å². The standard InChI is InChI=1S/C11H20O/c1-4-7-8-9-11(12)10(5-2)6-3/h11-12H,2,4,6-9H2,1,3H3. The summed E-state index contributed by atoms with van der Waals surface area (Å²) in [5.41, 5.74) is 3.75. The molecule has 1 heteroatoms. The van der Waals surface area contributed by atoms with E-state index >= 15 is 0 Å². The number of unbranched alkanes of at least 4 members (excludes halogenated alkanes) is 2. The zero-order valence-corrected chi connectivity index (χ0v) is 8.27. The first kappa shape index (κ1) is 11.5. The first-order valence-electron chi connectivity index (χ1n) is 4.83. The smallest absolute Gasteiger partial charge is 0.0823 e. The number of hydrogen-bond acceptors (Lipinski definition) is 1. The van der Waals surface area contributed by atoms with Crippen molar-refractivity contribution >= 4 is 0 Å². The van der Waals surface area contributed by atoms with E-state index in [9.17, 15) is 5.11 Å². The Bertz CT molecular complexity index is 154. The van der Waals surface area contributed by atoms with Crippen LogP contribution in [0.2, 0.25) is 0 Å². The average Bonchev–Trinajstić information content (AvgIpc) is 2.07. The fraction of sp³-hybridized carbons (Fsp3) is 0.727. The Labute approximate surface area is 75.8 Å². The van der Waals surface area contributed by atoms with E-state index in [0.717, 1.165) is 24.8 Å². The van der Waals surface area contributed by atoms with Gasteiger partial charge in [0.25, 0.3) is 0 Å². The third-order valence-electron chi connectivity index (χ3n) is 2.09. The van der Waals surface area contributed by atoms with Crippen LogP contribution in [0.5, 0.6) is 0 Å². The van der Waals surface area contributed by atoms with E-state index in [4.69, 9.17) is 0 Å². The fourth-order valence-electron chi connectivity index (χ4n) is 1.24. The molecule has 0 rings (SSSR count). The summed E-state index contributed by atoms with van der Waals surface area (Å²) >= 11 is 0. The maximum Gasteiger partial charge on any atom is 0.0823 e. The zero-order valence-electron chi connectivity index (χ0n) is 8.27. The van der Waals surface area contributed by atoms with Crippen molar-refractivity contribution in [3.8, 4) is 0 Å². The topological polar surface area (TPSA) is 20.2 Å². The van der Waals surface area contributed by atoms with Gasteiger partial charge in [0.05, 0.1) is 6.10 Å². The molecule has 0 aliphatic carbocycles. The molecule has 0 aromatic rings. The molecule has 0 aliphatic heterocycles. The Balaban J connectivity index is 3.70. The Kier molecular flexibility index (Phi) is 6.84. The average molecular weight is 168 g/mol. The minimum atomic E-state index is -0.306. The van der Waals surface area contributed by atoms with Gasteiger partial charge < -0.3 is 5.11 Å². The summed E-state index contributed by atoms with van der Waals surface area (Å²) in [6.07, 6.45) is 4.91. The summed E-state index contributed by atoms with van der Waals surface area (Å²) in [5, 5.41) is 9.60. The van der Waals surface area contributed by atoms with E-state index in [-0.39, 0.29) is 6.10 Å². The maximum absolute atomic E-state index is 9.60. The summed E-state index contributed by atoms with van der Waals surface area (Å²) in [4.78, 5) is 0. The van der Waals surface area contributed by atoms with Crippen molar-refractivity contribution in [2.24, 2.45) is 0 Å². The summed E-state index contributed by atoms with van der Waals surface area (Å²) in [7, 11) is 0. The Morgan fingerprint density at radius 3 is 2.50 bits per heavy atom. The molecule has 0 aliphatic rings. The molecule has 0 aromatic carbocycles. The van der Waals surface area contributed by atoms with Gasteiger partial charge in [0.1, 0.15) is 0 Å². The lowest BCUT2D eigenvalue weighted by atomic mass is 10.0. The van der Waals surface area contributed by atoms with Gasteiger partial charge in [-0.15, -0.1) is 5.73 Å². The Morgan fingerprint density at radius 1 is 1.42 bits per heavy atom. The molecular weight excluding hydrogens is 148 g/mol. The van der Waals surface area contributed by atoms with Crippen molar-refractivity contribution < 1.29 is 5.11 Å². The van der Waals surface area contributed by atoms with E-state index < -0.39 is 0 Å². The van der Waals surface area contributed by atoms with E-state index in [1.54, 1.807) is 0 Å². The van der Waals surface area contributed by atoms with Gasteiger partial charge in [-0.3, -0.25) is 0 Å². The van der Waals surface area contributed by atoms with Crippen LogP contribution >= 0.6 is 0 Å². The molecule has 0 bridgehead atoms. The van der Waals surface area contributed by atoms with Crippen LogP contribution in [-0.4, -0.2) is 11.2 Å². The van der Waals surface area contributed by atoms with Gasteiger partial charge in [0.2, 0.25) is 0 Å². The van der Waals surface area contributed by atoms with Crippen LogP contribution in [0.3, 0.4) is 0 Å². The number of aliphatic hydroxyl groups excluding tert-OH is 1. The van der Waals surface area contributed by atoms with Crippen molar-refractivity contribution in [2.45, 2.75) is 52.1 Å². The van der Waals surface area contributed by atoms with Gasteiger partial charge in [-0.05, 0) is 18.4 Å². The second-order valence-electron chi connectivity index (χ2n) is 3.07. The molecule has 0 spiro atoms. The van der Waals surface area contributed by atoms with Gasteiger partial charge in [-0.1, -0.05) is 39.7 Å². The fourth-order valence-corrected chi connectivity index (χ4v) is 1.24. The van der Waals surface area contributed by atoms with Crippen molar-refractivity contribution in [3.05, 3.63) is 17.9 Å². The molecule has 1 nitrogen and oxygen atoms in total. The van der Waals surface area contributed by atoms with Crippen molar-refractivity contribution in [3.63, 3.8) is 0 Å². The first-order chi connectivity index (χ1) is 5.76. The van der Waals surface area contributed by atoms with Gasteiger partial charge >= 0.3 is 0 Å². The minimum absolute atomic E-state index is 0.306. The van der Waals surface area contributed by atoms with Gasteiger partial charge in [-0.2, -0.15) is 0 Å². The molecule has 0 radical (unpaired) electrons. The van der Waals surface area contributed by atoms with Crippen LogP contribution in [-0.2, 0) is 0 Å². The molecule has 0 fully saturated rings. The van der Waals surface area contributed by atoms with Crippen LogP contribution in [0.15, 0.2) is 17.9 Å². The van der Waals surface area contributed by atoms with E-state index in [2.05, 4.69) is 19.2 Å². The second-order valence-corrected chi connectivity index (χ2v) is 3.07. The predicted octanol–water partition coefficient (Wildman–Crippen LogP) is 3.05. The number of rotatable bonds is 6. The summed E-state index contributed by atoms with van der Waals surface area (Å²) in [5.74, 6) is 0. The molecule has 0 saturated carbocycles. The first-order valence-corrected chi connectivity index (χ1v) is 4.83. The molecule has 0 heterocycles. The number of aliphatic hydroxyl groups is 1. The summed E-state index contributed by atoms with van der Waals surface area (Å²) in [6.45, 7) is 7.75. The molecule has 70 valence electrons. The number of hydrogen-bond donors (Lipinski definition) is 1. The Hall–Kier alpha value is -0.520. The predicted molar refractivity (Wildman–Crippen MR) is 53.1 cm³/mol. The van der Waals surface area contributed by atoms with Crippen molar-refractivity contribution in [2.75, 3.05) is 0 Å². The van der Waals surface area contributed by atoms with Crippen molar-refractivity contribution in [1.82, 2.24) is 0 Å². The highest BCUT2D eigenvalue weighted by molar-refractivity contribution is 5.04. The van der Waals surface area contributed by atoms with Crippen LogP contribution in [0.4, 0.5) is 0 Å². The third-order valence-corrected chi connectivity index (χ3v) is 2.09.